The summed E-state index contributed by atoms with van der Waals surface area (Å²) in [5.41, 5.74) is 1.31. The topological polar surface area (TPSA) is 72.6 Å². The highest BCUT2D eigenvalue weighted by molar-refractivity contribution is 5.51. The molecule has 1 N–H and O–H groups in total. The molecule has 2 aromatic carbocycles. The monoisotopic (exact) mass is 287 g/mol. The molecule has 0 saturated heterocycles. The standard InChI is InChI=1S/C16H17NO4/c1-3-12-6-4-5-7-15(12)21-16-9-8-13(11(2)18)10-14(16)17(19)20/h4-11,18H,3H2,1-2H3/t11-/m1/s1. The van der Waals surface area contributed by atoms with E-state index in [1.165, 1.54) is 12.1 Å². The molecule has 0 aliphatic rings. The lowest BCUT2D eigenvalue weighted by Gasteiger charge is -2.11. The van der Waals surface area contributed by atoms with Crippen LogP contribution in [0.3, 0.4) is 0 Å². The summed E-state index contributed by atoms with van der Waals surface area (Å²) in [5, 5.41) is 20.7. The van der Waals surface area contributed by atoms with Gasteiger partial charge in [0.05, 0.1) is 11.0 Å². The van der Waals surface area contributed by atoms with Crippen LogP contribution in [0.25, 0.3) is 0 Å². The smallest absolute Gasteiger partial charge is 0.311 e. The van der Waals surface area contributed by atoms with Gasteiger partial charge in [-0.1, -0.05) is 31.2 Å². The van der Waals surface area contributed by atoms with Gasteiger partial charge >= 0.3 is 5.69 Å². The largest absolute Gasteiger partial charge is 0.450 e. The van der Waals surface area contributed by atoms with Crippen molar-refractivity contribution in [1.29, 1.82) is 0 Å². The average molecular weight is 287 g/mol. The number of nitrogens with zero attached hydrogens (tertiary/aromatic N) is 1. The van der Waals surface area contributed by atoms with Crippen molar-refractivity contribution in [3.63, 3.8) is 0 Å². The third-order valence-electron chi connectivity index (χ3n) is 3.24. The summed E-state index contributed by atoms with van der Waals surface area (Å²) in [4.78, 5) is 10.7. The molecule has 0 aliphatic heterocycles. The molecule has 0 fully saturated rings. The van der Waals surface area contributed by atoms with Crippen LogP contribution in [0.2, 0.25) is 0 Å². The maximum Gasteiger partial charge on any atom is 0.311 e. The Kier molecular flexibility index (Phi) is 4.55. The van der Waals surface area contributed by atoms with Gasteiger partial charge in [0.25, 0.3) is 0 Å². The van der Waals surface area contributed by atoms with Gasteiger partial charge < -0.3 is 9.84 Å². The number of hydrogen-bond acceptors (Lipinski definition) is 4. The van der Waals surface area contributed by atoms with E-state index in [1.54, 1.807) is 19.1 Å². The third kappa shape index (κ3) is 3.38. The molecule has 0 unspecified atom stereocenters. The van der Waals surface area contributed by atoms with E-state index >= 15 is 0 Å². The lowest BCUT2D eigenvalue weighted by Crippen LogP contribution is -1.98. The van der Waals surface area contributed by atoms with E-state index in [0.717, 1.165) is 12.0 Å². The van der Waals surface area contributed by atoms with Gasteiger partial charge in [0, 0.05) is 6.07 Å². The van der Waals surface area contributed by atoms with Crippen molar-refractivity contribution in [1.82, 2.24) is 0 Å². The SMILES string of the molecule is CCc1ccccc1Oc1ccc([C@@H](C)O)cc1[N+](=O)[O-]. The fourth-order valence-electron chi connectivity index (χ4n) is 2.04. The molecule has 0 bridgehead atoms. The van der Waals surface area contributed by atoms with Gasteiger partial charge in [-0.25, -0.2) is 0 Å². The second kappa shape index (κ2) is 6.37. The number of hydrogen-bond donors (Lipinski definition) is 1. The average Bonchev–Trinajstić information content (AvgIpc) is 2.47. The van der Waals surface area contributed by atoms with Crippen molar-refractivity contribution in [2.45, 2.75) is 26.4 Å². The lowest BCUT2D eigenvalue weighted by atomic mass is 10.1. The molecule has 0 heterocycles. The highest BCUT2D eigenvalue weighted by atomic mass is 16.6. The number of nitro benzene ring substituents is 1. The third-order valence-corrected chi connectivity index (χ3v) is 3.24. The number of aryl methyl sites for hydroxylation is 1. The highest BCUT2D eigenvalue weighted by Crippen LogP contribution is 2.34. The number of benzene rings is 2. The van der Waals surface area contributed by atoms with Crippen molar-refractivity contribution in [3.8, 4) is 11.5 Å². The first-order valence-corrected chi connectivity index (χ1v) is 6.75. The Morgan fingerprint density at radius 1 is 1.24 bits per heavy atom. The summed E-state index contributed by atoms with van der Waals surface area (Å²) >= 11 is 0. The molecule has 0 aromatic heterocycles. The molecule has 2 rings (SSSR count). The first kappa shape index (κ1) is 15.0. The number of aliphatic hydroxyl groups excluding tert-OH is 1. The van der Waals surface area contributed by atoms with Crippen LogP contribution in [0.4, 0.5) is 5.69 Å². The molecule has 0 aliphatic carbocycles. The second-order valence-electron chi connectivity index (χ2n) is 4.72. The molecule has 0 saturated carbocycles. The van der Waals surface area contributed by atoms with Gasteiger partial charge in [0.15, 0.2) is 0 Å². The molecule has 0 spiro atoms. The van der Waals surface area contributed by atoms with Crippen LogP contribution < -0.4 is 4.74 Å². The van der Waals surface area contributed by atoms with Gasteiger partial charge in [0.2, 0.25) is 5.75 Å². The van der Waals surface area contributed by atoms with E-state index in [4.69, 9.17) is 4.74 Å². The molecular weight excluding hydrogens is 270 g/mol. The molecular formula is C16H17NO4. The summed E-state index contributed by atoms with van der Waals surface area (Å²) in [5.74, 6) is 0.776. The second-order valence-corrected chi connectivity index (χ2v) is 4.72. The fourth-order valence-corrected chi connectivity index (χ4v) is 2.04. The molecule has 1 atom stereocenters. The van der Waals surface area contributed by atoms with Crippen molar-refractivity contribution in [3.05, 3.63) is 63.7 Å². The zero-order valence-corrected chi connectivity index (χ0v) is 11.9. The maximum absolute atomic E-state index is 11.2. The fraction of sp³-hybridized carbons (Fsp3) is 0.250. The van der Waals surface area contributed by atoms with Crippen LogP contribution >= 0.6 is 0 Å². The summed E-state index contributed by atoms with van der Waals surface area (Å²) in [6, 6.07) is 11.9. The van der Waals surface area contributed by atoms with Crippen LogP contribution in [0.1, 0.15) is 31.1 Å². The van der Waals surface area contributed by atoms with Gasteiger partial charge in [-0.15, -0.1) is 0 Å². The molecule has 5 nitrogen and oxygen atoms in total. The zero-order chi connectivity index (χ0) is 15.4. The number of para-hydroxylation sites is 1. The predicted molar refractivity (Wildman–Crippen MR) is 79.6 cm³/mol. The number of nitro groups is 1. The van der Waals surface area contributed by atoms with E-state index < -0.39 is 11.0 Å². The summed E-state index contributed by atoms with van der Waals surface area (Å²) < 4.78 is 5.70. The maximum atomic E-state index is 11.2. The van der Waals surface area contributed by atoms with E-state index in [1.807, 2.05) is 25.1 Å². The van der Waals surface area contributed by atoms with Crippen LogP contribution in [0, 0.1) is 10.1 Å². The van der Waals surface area contributed by atoms with Gasteiger partial charge in [-0.2, -0.15) is 0 Å². The molecule has 110 valence electrons. The van der Waals surface area contributed by atoms with Crippen LogP contribution in [-0.4, -0.2) is 10.0 Å². The minimum Gasteiger partial charge on any atom is -0.450 e. The lowest BCUT2D eigenvalue weighted by molar-refractivity contribution is -0.385. The van der Waals surface area contributed by atoms with Gasteiger partial charge in [-0.05, 0) is 36.6 Å². The molecule has 0 radical (unpaired) electrons. The van der Waals surface area contributed by atoms with Crippen molar-refractivity contribution < 1.29 is 14.8 Å². The van der Waals surface area contributed by atoms with Crippen LogP contribution in [0.15, 0.2) is 42.5 Å². The normalized spacial score (nSPS) is 12.0. The number of ether oxygens (including phenoxy) is 1. The minimum atomic E-state index is -0.763. The quantitative estimate of drug-likeness (QED) is 0.666. The van der Waals surface area contributed by atoms with Gasteiger partial charge in [0.1, 0.15) is 5.75 Å². The first-order chi connectivity index (χ1) is 10.0. The van der Waals surface area contributed by atoms with E-state index in [9.17, 15) is 15.2 Å². The minimum absolute atomic E-state index is 0.153. The van der Waals surface area contributed by atoms with E-state index in [-0.39, 0.29) is 11.4 Å². The van der Waals surface area contributed by atoms with Crippen molar-refractivity contribution in [2.24, 2.45) is 0 Å². The number of rotatable bonds is 5. The summed E-state index contributed by atoms with van der Waals surface area (Å²) in [6.45, 7) is 3.55. The molecule has 2 aromatic rings. The first-order valence-electron chi connectivity index (χ1n) is 6.75. The predicted octanol–water partition coefficient (Wildman–Crippen LogP) is 4.00. The Morgan fingerprint density at radius 2 is 1.95 bits per heavy atom. The Hall–Kier alpha value is -2.40. The number of aliphatic hydroxyl groups is 1. The molecule has 0 amide bonds. The Bertz CT molecular complexity index is 652. The Labute approximate surface area is 123 Å². The van der Waals surface area contributed by atoms with E-state index in [0.29, 0.717) is 11.3 Å². The molecule has 5 heteroatoms. The van der Waals surface area contributed by atoms with Crippen molar-refractivity contribution in [2.75, 3.05) is 0 Å². The Balaban J connectivity index is 2.42. The van der Waals surface area contributed by atoms with Crippen LogP contribution in [0.5, 0.6) is 11.5 Å². The Morgan fingerprint density at radius 3 is 2.57 bits per heavy atom. The summed E-state index contributed by atoms with van der Waals surface area (Å²) in [6.07, 6.45) is 0.0103. The van der Waals surface area contributed by atoms with Crippen LogP contribution in [-0.2, 0) is 6.42 Å². The molecule has 21 heavy (non-hydrogen) atoms. The van der Waals surface area contributed by atoms with E-state index in [2.05, 4.69) is 0 Å². The zero-order valence-electron chi connectivity index (χ0n) is 11.9. The summed E-state index contributed by atoms with van der Waals surface area (Å²) in [7, 11) is 0. The highest BCUT2D eigenvalue weighted by Gasteiger charge is 2.18. The van der Waals surface area contributed by atoms with Gasteiger partial charge in [-0.3, -0.25) is 10.1 Å². The van der Waals surface area contributed by atoms with Crippen molar-refractivity contribution >= 4 is 5.69 Å².